The molecule has 0 aliphatic rings. The van der Waals surface area contributed by atoms with E-state index in [9.17, 15) is 34.2 Å². The molecule has 17 nitrogen and oxygen atoms in total. The molecule has 3 rings (SSSR count). The summed E-state index contributed by atoms with van der Waals surface area (Å²) in [5, 5.41) is 31.6. The summed E-state index contributed by atoms with van der Waals surface area (Å²) in [4.78, 5) is 75.7. The number of nitrogens with two attached hydrogens (primary N) is 2. The van der Waals surface area contributed by atoms with Gasteiger partial charge in [0.1, 0.15) is 12.1 Å². The molecular weight excluding hydrogens is 554 g/mol. The Morgan fingerprint density at radius 2 is 1.60 bits per heavy atom. The Bertz CT molecular complexity index is 1800. The molecular formula is C25H29N9O8. The van der Waals surface area contributed by atoms with Crippen LogP contribution in [0.15, 0.2) is 30.4 Å². The lowest BCUT2D eigenvalue weighted by Crippen LogP contribution is -2.44. The van der Waals surface area contributed by atoms with Gasteiger partial charge >= 0.3 is 17.9 Å². The van der Waals surface area contributed by atoms with Crippen molar-refractivity contribution < 1.29 is 48.9 Å². The summed E-state index contributed by atoms with van der Waals surface area (Å²) in [5.41, 5.74) is 9.58. The molecule has 0 saturated heterocycles. The zero-order chi connectivity index (χ0) is 37.0. The zero-order valence-corrected chi connectivity index (χ0v) is 21.5. The molecule has 17 heteroatoms. The van der Waals surface area contributed by atoms with Crippen molar-refractivity contribution in [2.24, 2.45) is 0 Å². The topological polar surface area (TPSA) is 277 Å². The van der Waals surface area contributed by atoms with Crippen molar-refractivity contribution in [1.29, 1.82) is 0 Å². The molecule has 0 aliphatic carbocycles. The van der Waals surface area contributed by atoms with E-state index in [4.69, 9.17) is 26.2 Å². The van der Waals surface area contributed by atoms with Crippen LogP contribution in [0.2, 0.25) is 0 Å². The predicted octanol–water partition coefficient (Wildman–Crippen LogP) is -0.382. The van der Waals surface area contributed by atoms with Gasteiger partial charge in [-0.05, 0) is 37.0 Å². The number of fused-ring (bicyclic) bond motifs is 1. The Hall–Kier alpha value is -5.61. The first-order valence-electron chi connectivity index (χ1n) is 15.4. The lowest BCUT2D eigenvalue weighted by molar-refractivity contribution is -0.143. The van der Waals surface area contributed by atoms with Crippen LogP contribution >= 0.6 is 0 Å². The summed E-state index contributed by atoms with van der Waals surface area (Å²) >= 11 is 0. The predicted molar refractivity (Wildman–Crippen MR) is 147 cm³/mol. The maximum Gasteiger partial charge on any atom is 0.326 e. The standard InChI is InChI=1S/C25H29N9O8/c1-34(11-13-10-28-21-19(29-13)20(26)32-25(27)33-21)14-4-2-12(3-5-14)22(38)31-16(24(41)42)6-8-17(35)30-15(23(39)40)7-9-18(36)37/h2-5,10,15-16H,6-9,11H2,1H3,(H,30,35)(H,31,38)(H,36,37)(H,39,40)(H,41,42)(H4,26,27,28,32,33)/t15-,16-/m0/s1/i1D3,2D,3D,4D,5D. The molecule has 1 aromatic carbocycles. The highest BCUT2D eigenvalue weighted by Crippen LogP contribution is 2.19. The van der Waals surface area contributed by atoms with Crippen LogP contribution in [-0.4, -0.2) is 84.0 Å². The van der Waals surface area contributed by atoms with E-state index in [-0.39, 0.29) is 28.6 Å². The molecule has 2 aromatic heterocycles. The number of hydrogen-bond donors (Lipinski definition) is 7. The van der Waals surface area contributed by atoms with E-state index in [1.165, 1.54) is 0 Å². The van der Waals surface area contributed by atoms with E-state index in [2.05, 4.69) is 25.3 Å². The van der Waals surface area contributed by atoms with Crippen LogP contribution < -0.4 is 27.0 Å². The number of nitrogens with zero attached hydrogens (tertiary/aromatic N) is 5. The van der Waals surface area contributed by atoms with Gasteiger partial charge < -0.3 is 42.3 Å². The molecule has 0 saturated carbocycles. The number of carboxylic acid groups (broad SMARTS) is 3. The van der Waals surface area contributed by atoms with Gasteiger partial charge in [-0.25, -0.2) is 19.6 Å². The molecule has 2 heterocycles. The van der Waals surface area contributed by atoms with Crippen LogP contribution in [0.25, 0.3) is 11.2 Å². The number of amides is 2. The number of benzene rings is 1. The van der Waals surface area contributed by atoms with Crippen LogP contribution in [0.1, 0.15) is 51.3 Å². The molecule has 2 atom stereocenters. The molecule has 222 valence electrons. The normalized spacial score (nSPS) is 14.9. The Morgan fingerprint density at radius 3 is 2.21 bits per heavy atom. The number of carbonyl (C=O) groups excluding carboxylic acids is 2. The summed E-state index contributed by atoms with van der Waals surface area (Å²) < 4.78 is 57.9. The van der Waals surface area contributed by atoms with E-state index in [0.717, 1.165) is 6.20 Å². The van der Waals surface area contributed by atoms with Crippen LogP contribution in [0.5, 0.6) is 0 Å². The van der Waals surface area contributed by atoms with E-state index in [0.29, 0.717) is 4.90 Å². The lowest BCUT2D eigenvalue weighted by Gasteiger charge is -2.20. The van der Waals surface area contributed by atoms with E-state index in [1.54, 1.807) is 0 Å². The van der Waals surface area contributed by atoms with Crippen molar-refractivity contribution in [3.8, 4) is 0 Å². The molecule has 9 N–H and O–H groups in total. The number of anilines is 3. The Labute approximate surface area is 247 Å². The van der Waals surface area contributed by atoms with Crippen molar-refractivity contribution in [2.45, 2.75) is 44.3 Å². The van der Waals surface area contributed by atoms with Gasteiger partial charge in [0.25, 0.3) is 5.91 Å². The van der Waals surface area contributed by atoms with E-state index >= 15 is 0 Å². The molecule has 42 heavy (non-hydrogen) atoms. The fourth-order valence-electron chi connectivity index (χ4n) is 3.41. The van der Waals surface area contributed by atoms with Gasteiger partial charge in [0, 0.05) is 35.2 Å². The SMILES string of the molecule is [2H]c1c([2H])c(N(Cc2cnc3nc(N)nc(N)c3n2)C([2H])([2H])[2H])c([2H])c([2H])c1C(=O)N[C@@H](CCC(=O)N[C@@H](CCC(=O)O)C(=O)O)C(=O)O. The van der Waals surface area contributed by atoms with Crippen LogP contribution in [0.4, 0.5) is 17.5 Å². The number of nitrogens with one attached hydrogen (secondary N) is 2. The molecule has 0 unspecified atom stereocenters. The minimum absolute atomic E-state index is 0.00529. The van der Waals surface area contributed by atoms with Crippen molar-refractivity contribution >= 4 is 58.3 Å². The summed E-state index contributed by atoms with van der Waals surface area (Å²) in [6, 6.07) is -7.43. The lowest BCUT2D eigenvalue weighted by atomic mass is 10.1. The Kier molecular flexibility index (Phi) is 7.19. The van der Waals surface area contributed by atoms with Crippen LogP contribution in [0, 0.1) is 0 Å². The second-order valence-electron chi connectivity index (χ2n) is 8.60. The molecule has 0 aliphatic heterocycles. The minimum Gasteiger partial charge on any atom is -0.481 e. The van der Waals surface area contributed by atoms with Gasteiger partial charge in [0.15, 0.2) is 17.0 Å². The molecule has 0 bridgehead atoms. The molecule has 0 fully saturated rings. The van der Waals surface area contributed by atoms with Crippen molar-refractivity contribution in [1.82, 2.24) is 30.6 Å². The quantitative estimate of drug-likeness (QED) is 0.126. The summed E-state index contributed by atoms with van der Waals surface area (Å²) in [6.45, 7) is -3.76. The summed E-state index contributed by atoms with van der Waals surface area (Å²) in [6.07, 6.45) is -1.19. The van der Waals surface area contributed by atoms with Gasteiger partial charge in [-0.15, -0.1) is 0 Å². The fourth-order valence-corrected chi connectivity index (χ4v) is 3.41. The summed E-state index contributed by atoms with van der Waals surface area (Å²) in [5.74, 6) is -7.26. The number of carboxylic acids is 3. The second kappa shape index (κ2) is 13.6. The van der Waals surface area contributed by atoms with Crippen molar-refractivity contribution in [3.63, 3.8) is 0 Å². The molecule has 2 amide bonds. The van der Waals surface area contributed by atoms with Gasteiger partial charge in [0.05, 0.1) is 23.9 Å². The van der Waals surface area contributed by atoms with Crippen molar-refractivity contribution in [3.05, 3.63) is 41.6 Å². The average molecular weight is 591 g/mol. The van der Waals surface area contributed by atoms with E-state index < -0.39 is 116 Å². The third-order valence-electron chi connectivity index (χ3n) is 5.47. The molecule has 3 aromatic rings. The average Bonchev–Trinajstić information content (AvgIpc) is 2.99. The van der Waals surface area contributed by atoms with Gasteiger partial charge in [0.2, 0.25) is 11.9 Å². The summed E-state index contributed by atoms with van der Waals surface area (Å²) in [7, 11) is 0. The van der Waals surface area contributed by atoms with Gasteiger partial charge in [-0.1, -0.05) is 0 Å². The number of nitrogen functional groups attached to an aromatic ring is 2. The third-order valence-corrected chi connectivity index (χ3v) is 5.47. The molecule has 0 spiro atoms. The first kappa shape index (κ1) is 22.1. The minimum atomic E-state index is -3.10. The smallest absolute Gasteiger partial charge is 0.326 e. The zero-order valence-electron chi connectivity index (χ0n) is 28.5. The first-order valence-corrected chi connectivity index (χ1v) is 11.9. The highest BCUT2D eigenvalue weighted by atomic mass is 16.4. The second-order valence-corrected chi connectivity index (χ2v) is 8.60. The molecule has 0 radical (unpaired) electrons. The number of aromatic nitrogens is 4. The third kappa shape index (κ3) is 8.44. The number of hydrogen-bond acceptors (Lipinski definition) is 12. The van der Waals surface area contributed by atoms with Crippen LogP contribution in [-0.2, 0) is 25.7 Å². The number of carbonyl (C=O) groups is 5. The van der Waals surface area contributed by atoms with E-state index in [1.807, 2.05) is 5.32 Å². The Balaban J connectivity index is 1.89. The largest absolute Gasteiger partial charge is 0.481 e. The Morgan fingerprint density at radius 1 is 0.952 bits per heavy atom. The fraction of sp³-hybridized carbons (Fsp3) is 0.320. The highest BCUT2D eigenvalue weighted by Gasteiger charge is 2.25. The van der Waals surface area contributed by atoms with Gasteiger partial charge in [-0.3, -0.25) is 14.4 Å². The van der Waals surface area contributed by atoms with Crippen LogP contribution in [0.3, 0.4) is 0 Å². The maximum absolute atomic E-state index is 13.1. The monoisotopic (exact) mass is 590 g/mol. The maximum atomic E-state index is 13.1. The number of rotatable bonds is 14. The van der Waals surface area contributed by atoms with Gasteiger partial charge in [-0.2, -0.15) is 9.97 Å². The number of aliphatic carboxylic acids is 3. The van der Waals surface area contributed by atoms with Crippen molar-refractivity contribution in [2.75, 3.05) is 23.3 Å². The first-order chi connectivity index (χ1) is 22.7. The highest BCUT2D eigenvalue weighted by molar-refractivity contribution is 5.97.